The Bertz CT molecular complexity index is 878. The number of benzene rings is 3. The van der Waals surface area contributed by atoms with E-state index in [1.54, 1.807) is 0 Å². The summed E-state index contributed by atoms with van der Waals surface area (Å²) in [6, 6.07) is 31.1. The maximum atomic E-state index is 13.3. The van der Waals surface area contributed by atoms with E-state index in [2.05, 4.69) is 48.5 Å². The summed E-state index contributed by atoms with van der Waals surface area (Å²) in [5.41, 5.74) is 9.71. The third-order valence-corrected chi connectivity index (χ3v) is 6.11. The van der Waals surface area contributed by atoms with Gasteiger partial charge >= 0.3 is 0 Å². The number of hydrogen-bond acceptors (Lipinski definition) is 2. The van der Waals surface area contributed by atoms with E-state index >= 15 is 0 Å². The van der Waals surface area contributed by atoms with Gasteiger partial charge in [0.25, 0.3) is 0 Å². The van der Waals surface area contributed by atoms with Crippen LogP contribution in [0.25, 0.3) is 0 Å². The van der Waals surface area contributed by atoms with Crippen LogP contribution in [-0.2, 0) is 4.79 Å². The lowest BCUT2D eigenvalue weighted by Gasteiger charge is -2.22. The van der Waals surface area contributed by atoms with Gasteiger partial charge < -0.3 is 10.6 Å². The summed E-state index contributed by atoms with van der Waals surface area (Å²) in [7, 11) is 0. The van der Waals surface area contributed by atoms with Crippen LogP contribution >= 0.6 is 12.4 Å². The van der Waals surface area contributed by atoms with E-state index in [1.165, 1.54) is 16.7 Å². The molecule has 0 spiro atoms. The Morgan fingerprint density at radius 1 is 0.833 bits per heavy atom. The smallest absolute Gasteiger partial charge is 0.223 e. The first kappa shape index (κ1) is 22.1. The molecular formula is C26H29ClN2O. The summed E-state index contributed by atoms with van der Waals surface area (Å²) >= 11 is 0. The Morgan fingerprint density at radius 3 is 1.83 bits per heavy atom. The second-order valence-electron chi connectivity index (χ2n) is 7.89. The fraction of sp³-hybridized carbons (Fsp3) is 0.269. The highest BCUT2D eigenvalue weighted by Crippen LogP contribution is 2.34. The zero-order valence-electron chi connectivity index (χ0n) is 17.1. The SMILES string of the molecule is Cl.NC[C@@H]1CN(C(=O)CC(c2ccccc2)c2ccccc2)C[C@H]1c1ccccc1. The van der Waals surface area contributed by atoms with Gasteiger partial charge in [-0.05, 0) is 29.2 Å². The molecule has 1 aliphatic rings. The van der Waals surface area contributed by atoms with Gasteiger partial charge in [-0.15, -0.1) is 12.4 Å². The number of halogens is 1. The van der Waals surface area contributed by atoms with Crippen LogP contribution < -0.4 is 5.73 Å². The highest BCUT2D eigenvalue weighted by Gasteiger charge is 2.36. The molecule has 1 heterocycles. The molecule has 3 aromatic carbocycles. The summed E-state index contributed by atoms with van der Waals surface area (Å²) < 4.78 is 0. The number of hydrogen-bond donors (Lipinski definition) is 1. The number of rotatable bonds is 6. The molecule has 1 aliphatic heterocycles. The van der Waals surface area contributed by atoms with Crippen LogP contribution in [0.15, 0.2) is 91.0 Å². The first-order chi connectivity index (χ1) is 14.3. The normalized spacial score (nSPS) is 18.3. The van der Waals surface area contributed by atoms with Crippen molar-refractivity contribution in [3.63, 3.8) is 0 Å². The first-order valence-electron chi connectivity index (χ1n) is 10.4. The maximum Gasteiger partial charge on any atom is 0.223 e. The quantitative estimate of drug-likeness (QED) is 0.620. The molecule has 0 unspecified atom stereocenters. The van der Waals surface area contributed by atoms with E-state index in [0.29, 0.717) is 24.8 Å². The summed E-state index contributed by atoms with van der Waals surface area (Å²) in [5.74, 6) is 0.905. The van der Waals surface area contributed by atoms with Crippen molar-refractivity contribution in [1.82, 2.24) is 4.90 Å². The predicted octanol–water partition coefficient (Wildman–Crippen LogP) is 4.83. The van der Waals surface area contributed by atoms with Gasteiger partial charge in [-0.2, -0.15) is 0 Å². The minimum atomic E-state index is 0. The predicted molar refractivity (Wildman–Crippen MR) is 125 cm³/mol. The molecule has 0 aliphatic carbocycles. The third kappa shape index (κ3) is 4.92. The summed E-state index contributed by atoms with van der Waals surface area (Å²) in [4.78, 5) is 15.3. The Labute approximate surface area is 185 Å². The molecule has 0 saturated carbocycles. The van der Waals surface area contributed by atoms with Crippen LogP contribution in [0.5, 0.6) is 0 Å². The molecule has 1 amide bonds. The molecule has 0 aromatic heterocycles. The maximum absolute atomic E-state index is 13.3. The molecule has 3 aromatic rings. The van der Waals surface area contributed by atoms with E-state index in [0.717, 1.165) is 13.1 Å². The van der Waals surface area contributed by atoms with Gasteiger partial charge in [-0.3, -0.25) is 4.79 Å². The van der Waals surface area contributed by atoms with Gasteiger partial charge in [0.05, 0.1) is 0 Å². The number of carbonyl (C=O) groups excluding carboxylic acids is 1. The number of carbonyl (C=O) groups is 1. The highest BCUT2D eigenvalue weighted by atomic mass is 35.5. The van der Waals surface area contributed by atoms with Crippen molar-refractivity contribution < 1.29 is 4.79 Å². The second kappa shape index (κ2) is 10.4. The number of nitrogens with two attached hydrogens (primary N) is 1. The van der Waals surface area contributed by atoms with Crippen molar-refractivity contribution in [1.29, 1.82) is 0 Å². The standard InChI is InChI=1S/C26H28N2O.ClH/c27-17-23-18-28(19-25(23)22-14-8-3-9-15-22)26(29)16-24(20-10-4-1-5-11-20)21-12-6-2-7-13-21;/h1-15,23-25H,16-19,27H2;1H/t23-,25+;/m1./s1. The van der Waals surface area contributed by atoms with E-state index in [4.69, 9.17) is 5.73 Å². The van der Waals surface area contributed by atoms with E-state index < -0.39 is 0 Å². The van der Waals surface area contributed by atoms with Crippen molar-refractivity contribution in [2.24, 2.45) is 11.7 Å². The van der Waals surface area contributed by atoms with Crippen LogP contribution in [0.4, 0.5) is 0 Å². The topological polar surface area (TPSA) is 46.3 Å². The molecule has 3 nitrogen and oxygen atoms in total. The number of amides is 1. The molecular weight excluding hydrogens is 392 g/mol. The van der Waals surface area contributed by atoms with Gasteiger partial charge in [0.15, 0.2) is 0 Å². The molecule has 156 valence electrons. The van der Waals surface area contributed by atoms with Crippen molar-refractivity contribution in [3.05, 3.63) is 108 Å². The van der Waals surface area contributed by atoms with E-state index in [1.807, 2.05) is 47.4 Å². The minimum absolute atomic E-state index is 0. The highest BCUT2D eigenvalue weighted by molar-refractivity contribution is 5.85. The van der Waals surface area contributed by atoms with Crippen LogP contribution in [0.2, 0.25) is 0 Å². The van der Waals surface area contributed by atoms with Gasteiger partial charge in [0, 0.05) is 31.3 Å². The Kier molecular flexibility index (Phi) is 7.67. The van der Waals surface area contributed by atoms with Crippen LogP contribution in [0.1, 0.15) is 34.9 Å². The molecule has 1 fully saturated rings. The lowest BCUT2D eigenvalue weighted by atomic mass is 9.88. The van der Waals surface area contributed by atoms with E-state index in [9.17, 15) is 4.79 Å². The zero-order chi connectivity index (χ0) is 20.1. The Hall–Kier alpha value is -2.62. The fourth-order valence-corrected chi connectivity index (χ4v) is 4.49. The largest absolute Gasteiger partial charge is 0.342 e. The third-order valence-electron chi connectivity index (χ3n) is 6.11. The van der Waals surface area contributed by atoms with Crippen molar-refractivity contribution in [2.75, 3.05) is 19.6 Å². The molecule has 2 atom stereocenters. The number of nitrogens with zero attached hydrogens (tertiary/aromatic N) is 1. The van der Waals surface area contributed by atoms with Crippen molar-refractivity contribution in [3.8, 4) is 0 Å². The molecule has 0 bridgehead atoms. The lowest BCUT2D eigenvalue weighted by molar-refractivity contribution is -0.130. The molecule has 0 radical (unpaired) electrons. The van der Waals surface area contributed by atoms with Crippen molar-refractivity contribution in [2.45, 2.75) is 18.3 Å². The van der Waals surface area contributed by atoms with E-state index in [-0.39, 0.29) is 24.2 Å². The summed E-state index contributed by atoms with van der Waals surface area (Å²) in [6.45, 7) is 2.09. The van der Waals surface area contributed by atoms with Gasteiger partial charge in [0.1, 0.15) is 0 Å². The fourth-order valence-electron chi connectivity index (χ4n) is 4.49. The molecule has 1 saturated heterocycles. The van der Waals surface area contributed by atoms with Gasteiger partial charge in [0.2, 0.25) is 5.91 Å². The average Bonchev–Trinajstić information content (AvgIpc) is 3.24. The minimum Gasteiger partial charge on any atom is -0.342 e. The second-order valence-corrected chi connectivity index (χ2v) is 7.89. The van der Waals surface area contributed by atoms with Crippen LogP contribution in [0.3, 0.4) is 0 Å². The zero-order valence-corrected chi connectivity index (χ0v) is 17.9. The summed E-state index contributed by atoms with van der Waals surface area (Å²) in [5, 5.41) is 0. The average molecular weight is 421 g/mol. The molecule has 2 N–H and O–H groups in total. The van der Waals surface area contributed by atoms with Crippen LogP contribution in [0, 0.1) is 5.92 Å². The van der Waals surface area contributed by atoms with Crippen molar-refractivity contribution >= 4 is 18.3 Å². The monoisotopic (exact) mass is 420 g/mol. The number of likely N-dealkylation sites (tertiary alicyclic amines) is 1. The Balaban J connectivity index is 0.00000256. The van der Waals surface area contributed by atoms with Gasteiger partial charge in [-0.1, -0.05) is 91.0 Å². The summed E-state index contributed by atoms with van der Waals surface area (Å²) in [6.07, 6.45) is 0.479. The van der Waals surface area contributed by atoms with Crippen LogP contribution in [-0.4, -0.2) is 30.4 Å². The first-order valence-corrected chi connectivity index (χ1v) is 10.4. The molecule has 4 heteroatoms. The lowest BCUT2D eigenvalue weighted by Crippen LogP contribution is -2.31. The Morgan fingerprint density at radius 2 is 1.33 bits per heavy atom. The molecule has 30 heavy (non-hydrogen) atoms. The molecule has 4 rings (SSSR count). The van der Waals surface area contributed by atoms with Gasteiger partial charge in [-0.25, -0.2) is 0 Å².